The fourth-order valence-electron chi connectivity index (χ4n) is 4.28. The molecule has 4 rings (SSSR count). The van der Waals surface area contributed by atoms with Crippen LogP contribution in [-0.4, -0.2) is 50.0 Å². The molecule has 0 spiro atoms. The van der Waals surface area contributed by atoms with Crippen molar-refractivity contribution in [3.05, 3.63) is 24.3 Å². The minimum Gasteiger partial charge on any atom is -0.393 e. The summed E-state index contributed by atoms with van der Waals surface area (Å²) in [6.07, 6.45) is 8.18. The molecule has 0 aromatic carbocycles. The largest absolute Gasteiger partial charge is 0.393 e. The van der Waals surface area contributed by atoms with Gasteiger partial charge >= 0.3 is 0 Å². The summed E-state index contributed by atoms with van der Waals surface area (Å²) in [5.74, 6) is 0.108. The molecule has 2 aromatic rings. The van der Waals surface area contributed by atoms with E-state index in [4.69, 9.17) is 0 Å². The van der Waals surface area contributed by atoms with Crippen molar-refractivity contribution in [3.63, 3.8) is 0 Å². The Morgan fingerprint density at radius 2 is 2.36 bits per heavy atom. The number of fused-ring (bicyclic) bond motifs is 1. The first-order valence-corrected chi connectivity index (χ1v) is 8.78. The van der Waals surface area contributed by atoms with Crippen molar-refractivity contribution in [1.29, 1.82) is 5.26 Å². The highest BCUT2D eigenvalue weighted by molar-refractivity contribution is 5.86. The molecule has 1 fully saturated rings. The van der Waals surface area contributed by atoms with Gasteiger partial charge in [0.2, 0.25) is 0 Å². The number of aliphatic hydroxyl groups is 1. The molecule has 4 unspecified atom stereocenters. The van der Waals surface area contributed by atoms with Gasteiger partial charge in [-0.2, -0.15) is 10.4 Å². The summed E-state index contributed by atoms with van der Waals surface area (Å²) >= 11 is 0. The zero-order valence-electron chi connectivity index (χ0n) is 14.3. The molecule has 0 radical (unpaired) electrons. The molecular formula is C18H22N6O. The number of aromatic amines is 1. The van der Waals surface area contributed by atoms with Gasteiger partial charge in [-0.1, -0.05) is 6.42 Å². The van der Waals surface area contributed by atoms with Crippen LogP contribution in [0.5, 0.6) is 0 Å². The Labute approximate surface area is 146 Å². The van der Waals surface area contributed by atoms with Crippen LogP contribution in [0, 0.1) is 17.2 Å². The summed E-state index contributed by atoms with van der Waals surface area (Å²) in [5, 5.41) is 27.2. The molecule has 2 aromatic heterocycles. The van der Waals surface area contributed by atoms with Crippen LogP contribution in [-0.2, 0) is 5.41 Å². The number of aromatic nitrogens is 3. The molecule has 0 amide bonds. The number of rotatable bonds is 4. The fourth-order valence-corrected chi connectivity index (χ4v) is 4.28. The first-order chi connectivity index (χ1) is 12.1. The lowest BCUT2D eigenvalue weighted by atomic mass is 9.85. The number of nitrogens with one attached hydrogen (secondary N) is 1. The van der Waals surface area contributed by atoms with E-state index in [1.165, 1.54) is 0 Å². The molecule has 2 N–H and O–H groups in total. The number of hydrogen-bond acceptors (Lipinski definition) is 6. The molecule has 25 heavy (non-hydrogen) atoms. The van der Waals surface area contributed by atoms with Crippen molar-refractivity contribution in [3.8, 4) is 6.07 Å². The topological polar surface area (TPSA) is 101 Å². The van der Waals surface area contributed by atoms with Gasteiger partial charge in [0.1, 0.15) is 12.0 Å². The molecule has 7 nitrogen and oxygen atoms in total. The summed E-state index contributed by atoms with van der Waals surface area (Å²) in [4.78, 5) is 11.9. The Morgan fingerprint density at radius 3 is 3.12 bits per heavy atom. The number of nitrogens with zero attached hydrogens (tertiary/aromatic N) is 5. The number of aliphatic hydroxyl groups excluding tert-OH is 1. The molecule has 3 heterocycles. The Kier molecular flexibility index (Phi) is 3.92. The van der Waals surface area contributed by atoms with Gasteiger partial charge in [0.15, 0.2) is 0 Å². The van der Waals surface area contributed by atoms with Crippen LogP contribution in [0.4, 0.5) is 0 Å². The Hall–Kier alpha value is -2.46. The molecule has 0 bridgehead atoms. The van der Waals surface area contributed by atoms with Crippen molar-refractivity contribution in [2.45, 2.75) is 50.2 Å². The summed E-state index contributed by atoms with van der Waals surface area (Å²) in [5.41, 5.74) is 1.41. The normalized spacial score (nSPS) is 30.0. The van der Waals surface area contributed by atoms with Gasteiger partial charge in [0.25, 0.3) is 0 Å². The molecule has 4 atom stereocenters. The Bertz CT molecular complexity index is 839. The quantitative estimate of drug-likeness (QED) is 0.887. The van der Waals surface area contributed by atoms with Crippen LogP contribution in [0.15, 0.2) is 23.7 Å². The molecule has 1 aliphatic heterocycles. The van der Waals surface area contributed by atoms with Crippen LogP contribution in [0.2, 0.25) is 0 Å². The summed E-state index contributed by atoms with van der Waals surface area (Å²) < 4.78 is 0. The van der Waals surface area contributed by atoms with Crippen LogP contribution in [0.1, 0.15) is 38.3 Å². The van der Waals surface area contributed by atoms with E-state index in [0.29, 0.717) is 13.0 Å². The van der Waals surface area contributed by atoms with Crippen molar-refractivity contribution in [1.82, 2.24) is 20.0 Å². The monoisotopic (exact) mass is 338 g/mol. The van der Waals surface area contributed by atoms with Gasteiger partial charge in [-0.3, -0.25) is 5.01 Å². The van der Waals surface area contributed by atoms with E-state index in [1.807, 2.05) is 23.5 Å². The second-order valence-corrected chi connectivity index (χ2v) is 7.31. The van der Waals surface area contributed by atoms with Gasteiger partial charge < -0.3 is 10.1 Å². The third-order valence-electron chi connectivity index (χ3n) is 5.59. The van der Waals surface area contributed by atoms with E-state index in [0.717, 1.165) is 36.0 Å². The lowest BCUT2D eigenvalue weighted by molar-refractivity contribution is 0.0595. The number of hydrazone groups is 1. The van der Waals surface area contributed by atoms with Crippen molar-refractivity contribution < 1.29 is 5.11 Å². The molecular weight excluding hydrogens is 316 g/mol. The average molecular weight is 338 g/mol. The zero-order chi connectivity index (χ0) is 17.4. The van der Waals surface area contributed by atoms with Gasteiger partial charge in [-0.05, 0) is 25.8 Å². The van der Waals surface area contributed by atoms with E-state index in [1.54, 1.807) is 6.33 Å². The molecule has 1 aliphatic carbocycles. The number of H-pyrrole nitrogens is 1. The van der Waals surface area contributed by atoms with Crippen LogP contribution >= 0.6 is 0 Å². The first kappa shape index (κ1) is 16.0. The second kappa shape index (κ2) is 6.12. The third kappa shape index (κ3) is 2.67. The standard InChI is InChI=1S/C18H22N6O/c1-18(16-13-6-8-20-17(13)22-11-21-16)9-23-24(10-18)14(5-7-19)12-3-2-4-15(12)25/h6,8-9,11-12,14-15,25H,2-5,10H2,1H3,(H,20,21,22). The number of nitriles is 1. The van der Waals surface area contributed by atoms with E-state index >= 15 is 0 Å². The summed E-state index contributed by atoms with van der Waals surface area (Å²) in [6.45, 7) is 2.76. The highest BCUT2D eigenvalue weighted by atomic mass is 16.3. The lowest BCUT2D eigenvalue weighted by Gasteiger charge is -2.33. The summed E-state index contributed by atoms with van der Waals surface area (Å²) in [6, 6.07) is 4.21. The number of hydrogen-bond donors (Lipinski definition) is 2. The van der Waals surface area contributed by atoms with Gasteiger partial charge in [-0.25, -0.2) is 9.97 Å². The smallest absolute Gasteiger partial charge is 0.140 e. The highest BCUT2D eigenvalue weighted by Gasteiger charge is 2.42. The molecule has 2 aliphatic rings. The average Bonchev–Trinajstić information content (AvgIpc) is 3.32. The van der Waals surface area contributed by atoms with Crippen LogP contribution in [0.3, 0.4) is 0 Å². The van der Waals surface area contributed by atoms with Gasteiger partial charge in [0.05, 0.1) is 42.3 Å². The zero-order valence-corrected chi connectivity index (χ0v) is 14.3. The SMILES string of the molecule is CC1(c2ncnc3[nH]ccc23)C=NN(C(CC#N)C2CCCC2O)C1. The minimum absolute atomic E-state index is 0.0517. The molecule has 0 saturated heterocycles. The summed E-state index contributed by atoms with van der Waals surface area (Å²) in [7, 11) is 0. The van der Waals surface area contributed by atoms with Gasteiger partial charge in [0, 0.05) is 23.7 Å². The second-order valence-electron chi connectivity index (χ2n) is 7.31. The third-order valence-corrected chi connectivity index (χ3v) is 5.59. The highest BCUT2D eigenvalue weighted by Crippen LogP contribution is 2.37. The molecule has 1 saturated carbocycles. The van der Waals surface area contributed by atoms with Crippen molar-refractivity contribution >= 4 is 17.2 Å². The van der Waals surface area contributed by atoms with E-state index in [9.17, 15) is 10.4 Å². The maximum Gasteiger partial charge on any atom is 0.140 e. The molecule has 130 valence electrons. The molecule has 7 heteroatoms. The maximum atomic E-state index is 10.3. The van der Waals surface area contributed by atoms with E-state index < -0.39 is 0 Å². The Morgan fingerprint density at radius 1 is 1.48 bits per heavy atom. The predicted octanol–water partition coefficient (Wildman–Crippen LogP) is 1.96. The first-order valence-electron chi connectivity index (χ1n) is 8.78. The Balaban J connectivity index is 1.62. The van der Waals surface area contributed by atoms with Crippen molar-refractivity contribution in [2.24, 2.45) is 11.0 Å². The predicted molar refractivity (Wildman–Crippen MR) is 93.8 cm³/mol. The van der Waals surface area contributed by atoms with Crippen molar-refractivity contribution in [2.75, 3.05) is 6.54 Å². The van der Waals surface area contributed by atoms with Crippen LogP contribution < -0.4 is 0 Å². The lowest BCUT2D eigenvalue weighted by Crippen LogP contribution is -2.43. The minimum atomic E-state index is -0.347. The van der Waals surface area contributed by atoms with E-state index in [-0.39, 0.29) is 23.5 Å². The van der Waals surface area contributed by atoms with E-state index in [2.05, 4.69) is 33.0 Å². The maximum absolute atomic E-state index is 10.3. The van der Waals surface area contributed by atoms with Crippen LogP contribution in [0.25, 0.3) is 11.0 Å². The fraction of sp³-hybridized carbons (Fsp3) is 0.556. The van der Waals surface area contributed by atoms with Gasteiger partial charge in [-0.15, -0.1) is 0 Å².